The number of ether oxygens (including phenoxy) is 1. The van der Waals surface area contributed by atoms with E-state index >= 15 is 0 Å². The van der Waals surface area contributed by atoms with Crippen molar-refractivity contribution in [2.45, 2.75) is 13.5 Å². The maximum atomic E-state index is 11.2. The summed E-state index contributed by atoms with van der Waals surface area (Å²) < 4.78 is 5.49. The molecule has 0 fully saturated rings. The van der Waals surface area contributed by atoms with Crippen LogP contribution in [0.5, 0.6) is 5.75 Å². The van der Waals surface area contributed by atoms with Crippen molar-refractivity contribution >= 4 is 17.2 Å². The molecule has 2 rings (SSSR count). The number of carbonyl (C=O) groups is 1. The van der Waals surface area contributed by atoms with Crippen LogP contribution >= 0.6 is 11.3 Å². The average Bonchev–Trinajstić information content (AvgIpc) is 2.86. The fourth-order valence-electron chi connectivity index (χ4n) is 1.24. The summed E-state index contributed by atoms with van der Waals surface area (Å²) >= 11 is 1.22. The zero-order valence-electron chi connectivity index (χ0n) is 9.71. The topological polar surface area (TPSA) is 90.1 Å². The summed E-state index contributed by atoms with van der Waals surface area (Å²) in [6, 6.07) is 3.70. The van der Waals surface area contributed by atoms with Crippen molar-refractivity contribution in [3.05, 3.63) is 40.1 Å². The number of thiazole rings is 1. The summed E-state index contributed by atoms with van der Waals surface area (Å²) in [5.74, 6) is 5.29. The molecule has 7 heteroatoms. The number of amides is 1. The Labute approximate surface area is 108 Å². The van der Waals surface area contributed by atoms with Gasteiger partial charge in [0.05, 0.1) is 11.9 Å². The summed E-state index contributed by atoms with van der Waals surface area (Å²) in [5.41, 5.74) is 3.64. The zero-order chi connectivity index (χ0) is 13.0. The number of hydrazine groups is 1. The molecular weight excluding hydrogens is 252 g/mol. The SMILES string of the molecule is Cc1ccc(OCc2csc(C(=O)NN)n2)cn1. The van der Waals surface area contributed by atoms with Crippen LogP contribution < -0.4 is 16.0 Å². The van der Waals surface area contributed by atoms with Crippen molar-refractivity contribution in [2.75, 3.05) is 0 Å². The van der Waals surface area contributed by atoms with E-state index in [0.29, 0.717) is 23.1 Å². The molecule has 0 saturated carbocycles. The molecule has 0 aromatic carbocycles. The number of hydrogen-bond donors (Lipinski definition) is 2. The van der Waals surface area contributed by atoms with Crippen LogP contribution in [-0.4, -0.2) is 15.9 Å². The molecule has 94 valence electrons. The van der Waals surface area contributed by atoms with E-state index in [4.69, 9.17) is 10.6 Å². The number of nitrogens with one attached hydrogen (secondary N) is 1. The number of aryl methyl sites for hydroxylation is 1. The summed E-state index contributed by atoms with van der Waals surface area (Å²) in [6.07, 6.45) is 1.65. The van der Waals surface area contributed by atoms with Crippen LogP contribution in [0, 0.1) is 6.92 Å². The smallest absolute Gasteiger partial charge is 0.294 e. The van der Waals surface area contributed by atoms with Crippen molar-refractivity contribution in [3.63, 3.8) is 0 Å². The first-order chi connectivity index (χ1) is 8.69. The van der Waals surface area contributed by atoms with Gasteiger partial charge in [0.1, 0.15) is 12.4 Å². The van der Waals surface area contributed by atoms with Crippen LogP contribution in [0.3, 0.4) is 0 Å². The van der Waals surface area contributed by atoms with E-state index in [1.54, 1.807) is 11.6 Å². The number of rotatable bonds is 4. The van der Waals surface area contributed by atoms with Crippen molar-refractivity contribution in [3.8, 4) is 5.75 Å². The predicted octanol–water partition coefficient (Wildman–Crippen LogP) is 1.03. The highest BCUT2D eigenvalue weighted by atomic mass is 32.1. The lowest BCUT2D eigenvalue weighted by molar-refractivity contribution is 0.0953. The van der Waals surface area contributed by atoms with E-state index in [-0.39, 0.29) is 0 Å². The molecule has 18 heavy (non-hydrogen) atoms. The molecule has 0 aliphatic carbocycles. The lowest BCUT2D eigenvalue weighted by Crippen LogP contribution is -2.29. The van der Waals surface area contributed by atoms with E-state index in [1.165, 1.54) is 11.3 Å². The first-order valence-electron chi connectivity index (χ1n) is 5.20. The molecule has 0 bridgehead atoms. The third-order valence-electron chi connectivity index (χ3n) is 2.15. The Morgan fingerprint density at radius 3 is 3.06 bits per heavy atom. The van der Waals surface area contributed by atoms with E-state index in [2.05, 4.69) is 9.97 Å². The Kier molecular flexibility index (Phi) is 3.85. The monoisotopic (exact) mass is 264 g/mol. The second-order valence-corrected chi connectivity index (χ2v) is 4.40. The van der Waals surface area contributed by atoms with E-state index in [0.717, 1.165) is 5.69 Å². The van der Waals surface area contributed by atoms with Crippen LogP contribution in [0.1, 0.15) is 21.2 Å². The maximum absolute atomic E-state index is 11.2. The van der Waals surface area contributed by atoms with Gasteiger partial charge < -0.3 is 4.74 Å². The lowest BCUT2D eigenvalue weighted by Gasteiger charge is -2.03. The van der Waals surface area contributed by atoms with Gasteiger partial charge in [0, 0.05) is 11.1 Å². The zero-order valence-corrected chi connectivity index (χ0v) is 10.5. The molecule has 0 aliphatic heterocycles. The number of carbonyl (C=O) groups excluding carboxylic acids is 1. The highest BCUT2D eigenvalue weighted by molar-refractivity contribution is 7.11. The van der Waals surface area contributed by atoms with Crippen LogP contribution in [-0.2, 0) is 6.61 Å². The summed E-state index contributed by atoms with van der Waals surface area (Å²) in [5, 5.41) is 2.07. The summed E-state index contributed by atoms with van der Waals surface area (Å²) in [6.45, 7) is 2.20. The molecule has 0 unspecified atom stereocenters. The Bertz CT molecular complexity index is 538. The normalized spacial score (nSPS) is 10.1. The molecule has 6 nitrogen and oxygen atoms in total. The molecule has 0 saturated heterocycles. The fourth-order valence-corrected chi connectivity index (χ4v) is 1.94. The second-order valence-electron chi connectivity index (χ2n) is 3.54. The molecule has 0 radical (unpaired) electrons. The number of nitrogens with zero attached hydrogens (tertiary/aromatic N) is 2. The van der Waals surface area contributed by atoms with Crippen molar-refractivity contribution in [1.82, 2.24) is 15.4 Å². The van der Waals surface area contributed by atoms with E-state index in [1.807, 2.05) is 24.5 Å². The minimum Gasteiger partial charge on any atom is -0.486 e. The van der Waals surface area contributed by atoms with Crippen LogP contribution in [0.2, 0.25) is 0 Å². The van der Waals surface area contributed by atoms with Crippen molar-refractivity contribution < 1.29 is 9.53 Å². The molecule has 0 aliphatic rings. The van der Waals surface area contributed by atoms with Gasteiger partial charge in [-0.3, -0.25) is 15.2 Å². The van der Waals surface area contributed by atoms with Crippen LogP contribution in [0.15, 0.2) is 23.7 Å². The highest BCUT2D eigenvalue weighted by Gasteiger charge is 2.09. The van der Waals surface area contributed by atoms with Gasteiger partial charge in [-0.1, -0.05) is 0 Å². The van der Waals surface area contributed by atoms with Gasteiger partial charge in [-0.15, -0.1) is 11.3 Å². The third kappa shape index (κ3) is 3.02. The minimum atomic E-state index is -0.400. The largest absolute Gasteiger partial charge is 0.486 e. The Morgan fingerprint density at radius 2 is 2.39 bits per heavy atom. The Morgan fingerprint density at radius 1 is 1.56 bits per heavy atom. The molecule has 0 spiro atoms. The quantitative estimate of drug-likeness (QED) is 0.489. The number of pyridine rings is 1. The first-order valence-corrected chi connectivity index (χ1v) is 6.08. The van der Waals surface area contributed by atoms with Gasteiger partial charge in [-0.25, -0.2) is 10.8 Å². The molecule has 2 aromatic rings. The average molecular weight is 264 g/mol. The van der Waals surface area contributed by atoms with Gasteiger partial charge in [0.15, 0.2) is 5.01 Å². The van der Waals surface area contributed by atoms with Crippen molar-refractivity contribution in [1.29, 1.82) is 0 Å². The van der Waals surface area contributed by atoms with Gasteiger partial charge >= 0.3 is 0 Å². The maximum Gasteiger partial charge on any atom is 0.294 e. The highest BCUT2D eigenvalue weighted by Crippen LogP contribution is 2.14. The number of aromatic nitrogens is 2. The number of hydrogen-bond acceptors (Lipinski definition) is 6. The van der Waals surface area contributed by atoms with Gasteiger partial charge in [0.2, 0.25) is 0 Å². The molecule has 2 aromatic heterocycles. The molecule has 1 amide bonds. The minimum absolute atomic E-state index is 0.291. The standard InChI is InChI=1S/C11H12N4O2S/c1-7-2-3-9(4-13-7)17-5-8-6-18-11(14-8)10(16)15-12/h2-4,6H,5,12H2,1H3,(H,15,16). The second kappa shape index (κ2) is 5.56. The molecule has 3 N–H and O–H groups in total. The summed E-state index contributed by atoms with van der Waals surface area (Å²) in [7, 11) is 0. The fraction of sp³-hybridized carbons (Fsp3) is 0.182. The Hall–Kier alpha value is -1.99. The third-order valence-corrected chi connectivity index (χ3v) is 3.04. The molecule has 2 heterocycles. The molecular formula is C11H12N4O2S. The lowest BCUT2D eigenvalue weighted by atomic mass is 10.4. The molecule has 0 atom stereocenters. The van der Waals surface area contributed by atoms with Gasteiger partial charge in [-0.2, -0.15) is 0 Å². The van der Waals surface area contributed by atoms with Gasteiger partial charge in [0.25, 0.3) is 5.91 Å². The summed E-state index contributed by atoms with van der Waals surface area (Å²) in [4.78, 5) is 19.4. The van der Waals surface area contributed by atoms with Gasteiger partial charge in [-0.05, 0) is 19.1 Å². The van der Waals surface area contributed by atoms with Crippen LogP contribution in [0.4, 0.5) is 0 Å². The van der Waals surface area contributed by atoms with Crippen LogP contribution in [0.25, 0.3) is 0 Å². The number of nitrogens with two attached hydrogens (primary N) is 1. The van der Waals surface area contributed by atoms with E-state index in [9.17, 15) is 4.79 Å². The predicted molar refractivity (Wildman–Crippen MR) is 67.1 cm³/mol. The number of nitrogen functional groups attached to an aromatic ring is 1. The Balaban J connectivity index is 1.96. The van der Waals surface area contributed by atoms with E-state index < -0.39 is 5.91 Å². The van der Waals surface area contributed by atoms with Crippen molar-refractivity contribution in [2.24, 2.45) is 5.84 Å². The first kappa shape index (κ1) is 12.5.